The van der Waals surface area contributed by atoms with Crippen molar-refractivity contribution in [1.82, 2.24) is 0 Å². The highest BCUT2D eigenvalue weighted by Gasteiger charge is 2.19. The molecule has 1 rings (SSSR count). The van der Waals surface area contributed by atoms with Crippen molar-refractivity contribution >= 4 is 11.8 Å². The van der Waals surface area contributed by atoms with Gasteiger partial charge in [0.05, 0.1) is 0 Å². The van der Waals surface area contributed by atoms with E-state index in [0.717, 1.165) is 4.91 Å². The second-order valence-corrected chi connectivity index (χ2v) is 5.84. The molecule has 0 aromatic carbocycles. The fraction of sp³-hybridized carbons (Fsp3) is 0.333. The third kappa shape index (κ3) is 5.12. The van der Waals surface area contributed by atoms with Crippen LogP contribution in [0.25, 0.3) is 0 Å². The Morgan fingerprint density at radius 2 is 2.05 bits per heavy atom. The molecule has 0 aliphatic heterocycles. The Kier molecular flexibility index (Phi) is 7.35. The third-order valence-electron chi connectivity index (χ3n) is 3.14. The standard InChI is InChI=1S/C18H24S/c1-5-8-12-16(7-3)15(4)19-18-14-10-9-13-17(18)11-6-2/h5,7-10,12-14,17-18H,1,4,6,11H2,2-3H3/b12-8-,16-7+. The second kappa shape index (κ2) is 8.82. The number of hydrogen-bond acceptors (Lipinski definition) is 1. The average Bonchev–Trinajstić information content (AvgIpc) is 2.42. The molecule has 0 fully saturated rings. The summed E-state index contributed by atoms with van der Waals surface area (Å²) in [5.41, 5.74) is 1.18. The Balaban J connectivity index is 2.69. The molecular weight excluding hydrogens is 248 g/mol. The predicted octanol–water partition coefficient (Wildman–Crippen LogP) is 5.83. The van der Waals surface area contributed by atoms with Crippen LogP contribution in [0.4, 0.5) is 0 Å². The van der Waals surface area contributed by atoms with Gasteiger partial charge in [0.1, 0.15) is 0 Å². The van der Waals surface area contributed by atoms with E-state index in [4.69, 9.17) is 0 Å². The first-order valence-electron chi connectivity index (χ1n) is 6.89. The summed E-state index contributed by atoms with van der Waals surface area (Å²) in [6.45, 7) is 12.2. The van der Waals surface area contributed by atoms with Gasteiger partial charge in [0.15, 0.2) is 0 Å². The lowest BCUT2D eigenvalue weighted by molar-refractivity contribution is 0.595. The SMILES string of the molecule is C=C/C=C\C(=C/C)C(=C)SC1C=CC=CC1CCC. The van der Waals surface area contributed by atoms with Crippen molar-refractivity contribution in [3.05, 3.63) is 72.2 Å². The Labute approximate surface area is 122 Å². The van der Waals surface area contributed by atoms with Crippen molar-refractivity contribution in [3.8, 4) is 0 Å². The zero-order valence-electron chi connectivity index (χ0n) is 12.0. The van der Waals surface area contributed by atoms with E-state index in [1.165, 1.54) is 18.4 Å². The van der Waals surface area contributed by atoms with Crippen LogP contribution in [0.2, 0.25) is 0 Å². The van der Waals surface area contributed by atoms with Crippen LogP contribution in [-0.2, 0) is 0 Å². The molecule has 0 N–H and O–H groups in total. The van der Waals surface area contributed by atoms with Gasteiger partial charge in [-0.15, -0.1) is 11.8 Å². The van der Waals surface area contributed by atoms with Gasteiger partial charge in [-0.25, -0.2) is 0 Å². The minimum atomic E-state index is 0.504. The highest BCUT2D eigenvalue weighted by molar-refractivity contribution is 8.04. The molecular formula is C18H24S. The van der Waals surface area contributed by atoms with Crippen molar-refractivity contribution in [1.29, 1.82) is 0 Å². The molecule has 1 aliphatic carbocycles. The number of thioether (sulfide) groups is 1. The normalized spacial score (nSPS) is 22.9. The van der Waals surface area contributed by atoms with E-state index < -0.39 is 0 Å². The van der Waals surface area contributed by atoms with E-state index in [1.54, 1.807) is 6.08 Å². The van der Waals surface area contributed by atoms with E-state index in [0.29, 0.717) is 11.2 Å². The summed E-state index contributed by atoms with van der Waals surface area (Å²) >= 11 is 1.87. The molecule has 2 unspecified atom stereocenters. The topological polar surface area (TPSA) is 0 Å². The lowest BCUT2D eigenvalue weighted by Crippen LogP contribution is -2.15. The molecule has 102 valence electrons. The first-order valence-corrected chi connectivity index (χ1v) is 7.77. The van der Waals surface area contributed by atoms with E-state index in [-0.39, 0.29) is 0 Å². The van der Waals surface area contributed by atoms with Crippen LogP contribution in [0.5, 0.6) is 0 Å². The van der Waals surface area contributed by atoms with Crippen LogP contribution in [0.1, 0.15) is 26.7 Å². The van der Waals surface area contributed by atoms with E-state index in [9.17, 15) is 0 Å². The van der Waals surface area contributed by atoms with E-state index in [1.807, 2.05) is 17.8 Å². The molecule has 0 spiro atoms. The Bertz CT molecular complexity index is 421. The number of rotatable bonds is 7. The lowest BCUT2D eigenvalue weighted by atomic mass is 9.96. The summed E-state index contributed by atoms with van der Waals surface area (Å²) in [6.07, 6.45) is 19.3. The molecule has 0 bridgehead atoms. The van der Waals surface area contributed by atoms with Crippen molar-refractivity contribution in [3.63, 3.8) is 0 Å². The minimum absolute atomic E-state index is 0.504. The van der Waals surface area contributed by atoms with Crippen molar-refractivity contribution in [2.75, 3.05) is 0 Å². The molecule has 2 atom stereocenters. The van der Waals surface area contributed by atoms with Crippen LogP contribution >= 0.6 is 11.8 Å². The first-order chi connectivity index (χ1) is 9.22. The smallest absolute Gasteiger partial charge is 0.0340 e. The van der Waals surface area contributed by atoms with Gasteiger partial charge in [0.25, 0.3) is 0 Å². The number of hydrogen-bond donors (Lipinski definition) is 0. The predicted molar refractivity (Wildman–Crippen MR) is 90.3 cm³/mol. The Morgan fingerprint density at radius 1 is 1.32 bits per heavy atom. The van der Waals surface area contributed by atoms with Gasteiger partial charge in [-0.1, -0.05) is 75.1 Å². The van der Waals surface area contributed by atoms with E-state index >= 15 is 0 Å². The van der Waals surface area contributed by atoms with Gasteiger partial charge in [0, 0.05) is 10.2 Å². The largest absolute Gasteiger partial charge is 0.118 e. The summed E-state index contributed by atoms with van der Waals surface area (Å²) in [4.78, 5) is 1.13. The fourth-order valence-electron chi connectivity index (χ4n) is 2.11. The zero-order chi connectivity index (χ0) is 14.1. The second-order valence-electron chi connectivity index (χ2n) is 4.57. The molecule has 1 heteroatoms. The van der Waals surface area contributed by atoms with Gasteiger partial charge in [-0.2, -0.15) is 0 Å². The van der Waals surface area contributed by atoms with Gasteiger partial charge in [-0.05, 0) is 24.8 Å². The molecule has 0 heterocycles. The molecule has 0 saturated heterocycles. The van der Waals surface area contributed by atoms with Crippen LogP contribution in [0.3, 0.4) is 0 Å². The zero-order valence-corrected chi connectivity index (χ0v) is 12.8. The van der Waals surface area contributed by atoms with Crippen LogP contribution in [0, 0.1) is 5.92 Å². The quantitative estimate of drug-likeness (QED) is 0.525. The third-order valence-corrected chi connectivity index (χ3v) is 4.44. The van der Waals surface area contributed by atoms with Crippen LogP contribution in [0.15, 0.2) is 72.2 Å². The number of allylic oxidation sites excluding steroid dienone is 8. The maximum atomic E-state index is 4.22. The van der Waals surface area contributed by atoms with Crippen LogP contribution < -0.4 is 0 Å². The summed E-state index contributed by atoms with van der Waals surface area (Å²) in [7, 11) is 0. The molecule has 1 aliphatic rings. The first kappa shape index (κ1) is 15.8. The maximum absolute atomic E-state index is 4.22. The summed E-state index contributed by atoms with van der Waals surface area (Å²) < 4.78 is 0. The van der Waals surface area contributed by atoms with E-state index in [2.05, 4.69) is 63.5 Å². The average molecular weight is 272 g/mol. The van der Waals surface area contributed by atoms with Crippen molar-refractivity contribution in [2.24, 2.45) is 5.92 Å². The molecule has 0 nitrogen and oxygen atoms in total. The monoisotopic (exact) mass is 272 g/mol. The summed E-state index contributed by atoms with van der Waals surface area (Å²) in [6, 6.07) is 0. The molecule has 19 heavy (non-hydrogen) atoms. The van der Waals surface area contributed by atoms with Gasteiger partial charge in [-0.3, -0.25) is 0 Å². The lowest BCUT2D eigenvalue weighted by Gasteiger charge is -2.24. The molecule has 0 amide bonds. The van der Waals surface area contributed by atoms with Crippen molar-refractivity contribution < 1.29 is 0 Å². The summed E-state index contributed by atoms with van der Waals surface area (Å²) in [5, 5.41) is 0.504. The highest BCUT2D eigenvalue weighted by atomic mass is 32.2. The molecule has 0 aromatic heterocycles. The van der Waals surface area contributed by atoms with Gasteiger partial charge >= 0.3 is 0 Å². The van der Waals surface area contributed by atoms with Gasteiger partial charge < -0.3 is 0 Å². The minimum Gasteiger partial charge on any atom is -0.118 e. The Hall–Kier alpha value is -1.21. The summed E-state index contributed by atoms with van der Waals surface area (Å²) in [5.74, 6) is 0.623. The van der Waals surface area contributed by atoms with Crippen LogP contribution in [-0.4, -0.2) is 5.25 Å². The highest BCUT2D eigenvalue weighted by Crippen LogP contribution is 2.35. The Morgan fingerprint density at radius 3 is 2.68 bits per heavy atom. The maximum Gasteiger partial charge on any atom is 0.0340 e. The molecule has 0 radical (unpaired) electrons. The van der Waals surface area contributed by atoms with Gasteiger partial charge in [0.2, 0.25) is 0 Å². The fourth-order valence-corrected chi connectivity index (χ4v) is 3.33. The molecule has 0 saturated carbocycles. The van der Waals surface area contributed by atoms with Crippen molar-refractivity contribution in [2.45, 2.75) is 31.9 Å². The molecule has 0 aromatic rings.